The van der Waals surface area contributed by atoms with Crippen molar-refractivity contribution in [1.82, 2.24) is 19.5 Å². The number of rotatable bonds is 4. The maximum atomic E-state index is 12.0. The first-order valence-corrected chi connectivity index (χ1v) is 7.01. The van der Waals surface area contributed by atoms with Crippen molar-refractivity contribution in [3.8, 4) is 5.75 Å². The second-order valence-corrected chi connectivity index (χ2v) is 4.70. The Morgan fingerprint density at radius 3 is 2.52 bits per heavy atom. The van der Waals surface area contributed by atoms with Crippen molar-refractivity contribution < 1.29 is 23.9 Å². The van der Waals surface area contributed by atoms with Gasteiger partial charge in [0.1, 0.15) is 18.4 Å². The third-order valence-corrected chi connectivity index (χ3v) is 3.27. The zero-order chi connectivity index (χ0) is 17.8. The number of fused-ring (bicyclic) bond motifs is 1. The lowest BCUT2D eigenvalue weighted by molar-refractivity contribution is 0.0595. The van der Waals surface area contributed by atoms with Crippen LogP contribution in [0.3, 0.4) is 0 Å². The molecule has 25 heavy (non-hydrogen) atoms. The average molecular weight is 343 g/mol. The zero-order valence-corrected chi connectivity index (χ0v) is 13.3. The minimum Gasteiger partial charge on any atom is -0.497 e. The molecule has 0 aliphatic heterocycles. The lowest BCUT2D eigenvalue weighted by Crippen LogP contribution is -2.13. The minimum atomic E-state index is -0.651. The van der Waals surface area contributed by atoms with Crippen LogP contribution in [0.15, 0.2) is 36.9 Å². The molecule has 3 aromatic rings. The summed E-state index contributed by atoms with van der Waals surface area (Å²) in [6.07, 6.45) is 1.79. The maximum absolute atomic E-state index is 12.0. The molecule has 0 aliphatic rings. The third-order valence-electron chi connectivity index (χ3n) is 3.27. The summed E-state index contributed by atoms with van der Waals surface area (Å²) in [4.78, 5) is 40.6. The van der Waals surface area contributed by atoms with Gasteiger partial charge in [-0.1, -0.05) is 0 Å². The second kappa shape index (κ2) is 6.83. The number of hydrogen-bond acceptors (Lipinski definition) is 9. The van der Waals surface area contributed by atoms with Gasteiger partial charge in [-0.05, 0) is 24.3 Å². The molecule has 1 aromatic carbocycles. The number of carbonyl (C=O) groups excluding carboxylic acids is 2. The summed E-state index contributed by atoms with van der Waals surface area (Å²) in [5, 5.41) is 0. The number of carbonyl (C=O) groups is 2. The Morgan fingerprint density at radius 2 is 1.84 bits per heavy atom. The Balaban J connectivity index is 1.77. The van der Waals surface area contributed by atoms with Gasteiger partial charge in [-0.15, -0.1) is 0 Å². The Bertz CT molecular complexity index is 922. The summed E-state index contributed by atoms with van der Waals surface area (Å²) in [5.74, 6) is 0.131. The Kier molecular flexibility index (Phi) is 4.42. The fraction of sp³-hybridized carbons (Fsp3) is 0.133. The van der Waals surface area contributed by atoms with Gasteiger partial charge in [0, 0.05) is 0 Å². The van der Waals surface area contributed by atoms with Gasteiger partial charge in [0.2, 0.25) is 0 Å². The fourth-order valence-electron chi connectivity index (χ4n) is 2.02. The number of benzene rings is 1. The summed E-state index contributed by atoms with van der Waals surface area (Å²) >= 11 is 0. The molecular formula is C15H13N5O5. The number of methoxy groups -OCH3 is 2. The molecule has 0 fully saturated rings. The molecule has 0 atom stereocenters. The smallest absolute Gasteiger partial charge is 0.420 e. The van der Waals surface area contributed by atoms with Crippen LogP contribution in [0.2, 0.25) is 0 Å². The van der Waals surface area contributed by atoms with E-state index in [1.54, 1.807) is 24.3 Å². The first kappa shape index (κ1) is 16.2. The van der Waals surface area contributed by atoms with Gasteiger partial charge in [-0.25, -0.2) is 29.1 Å². The van der Waals surface area contributed by atoms with Crippen molar-refractivity contribution in [1.29, 1.82) is 0 Å². The molecule has 0 amide bonds. The van der Waals surface area contributed by atoms with Gasteiger partial charge in [-0.3, -0.25) is 0 Å². The number of ether oxygens (including phenoxy) is 2. The van der Waals surface area contributed by atoms with Crippen molar-refractivity contribution in [3.63, 3.8) is 0 Å². The van der Waals surface area contributed by atoms with Crippen LogP contribution in [0.5, 0.6) is 5.75 Å². The third kappa shape index (κ3) is 3.17. The van der Waals surface area contributed by atoms with Gasteiger partial charge >= 0.3 is 12.1 Å². The first-order valence-electron chi connectivity index (χ1n) is 7.01. The van der Waals surface area contributed by atoms with Gasteiger partial charge in [0.25, 0.3) is 0 Å². The largest absolute Gasteiger partial charge is 0.497 e. The normalized spacial score (nSPS) is 10.3. The van der Waals surface area contributed by atoms with E-state index in [-0.39, 0.29) is 17.0 Å². The quantitative estimate of drug-likeness (QED) is 0.705. The van der Waals surface area contributed by atoms with Gasteiger partial charge in [0.05, 0.1) is 19.8 Å². The van der Waals surface area contributed by atoms with Crippen molar-refractivity contribution >= 4 is 29.0 Å². The highest BCUT2D eigenvalue weighted by Crippen LogP contribution is 2.18. The van der Waals surface area contributed by atoms with Gasteiger partial charge < -0.3 is 14.3 Å². The molecule has 1 N–H and O–H groups in total. The zero-order valence-electron chi connectivity index (χ0n) is 13.3. The highest BCUT2D eigenvalue weighted by molar-refractivity contribution is 5.92. The predicted molar refractivity (Wildman–Crippen MR) is 85.2 cm³/mol. The molecule has 0 unspecified atom stereocenters. The van der Waals surface area contributed by atoms with E-state index >= 15 is 0 Å². The summed E-state index contributed by atoms with van der Waals surface area (Å²) in [6.45, 7) is 0. The van der Waals surface area contributed by atoms with Crippen LogP contribution in [0.4, 0.5) is 10.6 Å². The highest BCUT2D eigenvalue weighted by atomic mass is 16.7. The number of anilines is 1. The van der Waals surface area contributed by atoms with E-state index in [9.17, 15) is 9.59 Å². The second-order valence-electron chi connectivity index (χ2n) is 4.70. The fourth-order valence-corrected chi connectivity index (χ4v) is 2.02. The molecule has 0 saturated heterocycles. The van der Waals surface area contributed by atoms with Crippen molar-refractivity contribution in [2.45, 2.75) is 0 Å². The molecule has 0 saturated carbocycles. The van der Waals surface area contributed by atoms with Crippen LogP contribution in [0, 0.1) is 0 Å². The lowest BCUT2D eigenvalue weighted by Gasteiger charge is -2.07. The van der Waals surface area contributed by atoms with Gasteiger partial charge in [-0.2, -0.15) is 5.48 Å². The van der Waals surface area contributed by atoms with Crippen LogP contribution in [-0.4, -0.2) is 45.8 Å². The van der Waals surface area contributed by atoms with E-state index in [1.807, 2.05) is 0 Å². The van der Waals surface area contributed by atoms with E-state index in [0.29, 0.717) is 11.3 Å². The Labute approximate surface area is 141 Å². The monoisotopic (exact) mass is 343 g/mol. The standard InChI is InChI=1S/C15H13N5O5/c1-23-10-5-3-9(4-6-10)14(21)25-19-12-11-13(17-7-16-12)20(8-18-11)15(22)24-2/h3-8H,1-2H3,(H,16,17,19). The number of aromatic nitrogens is 4. The summed E-state index contributed by atoms with van der Waals surface area (Å²) in [6, 6.07) is 6.39. The molecule has 3 rings (SSSR count). The van der Waals surface area contributed by atoms with E-state index in [2.05, 4.69) is 25.2 Å². The van der Waals surface area contributed by atoms with Crippen LogP contribution < -0.4 is 10.2 Å². The highest BCUT2D eigenvalue weighted by Gasteiger charge is 2.16. The molecule has 128 valence electrons. The van der Waals surface area contributed by atoms with E-state index in [1.165, 1.54) is 26.9 Å². The molecule has 2 aromatic heterocycles. The summed E-state index contributed by atoms with van der Waals surface area (Å²) in [7, 11) is 2.77. The SMILES string of the molecule is COC(=O)n1cnc2c(NOC(=O)c3ccc(OC)cc3)ncnc21. The molecule has 2 heterocycles. The minimum absolute atomic E-state index is 0.134. The Hall–Kier alpha value is -3.69. The number of nitrogens with zero attached hydrogens (tertiary/aromatic N) is 4. The Morgan fingerprint density at radius 1 is 1.08 bits per heavy atom. The van der Waals surface area contributed by atoms with Crippen molar-refractivity contribution in [2.24, 2.45) is 0 Å². The maximum Gasteiger partial charge on any atom is 0.420 e. The topological polar surface area (TPSA) is 117 Å². The molecule has 0 aliphatic carbocycles. The summed E-state index contributed by atoms with van der Waals surface area (Å²) in [5.41, 5.74) is 3.20. The van der Waals surface area contributed by atoms with E-state index in [0.717, 1.165) is 4.57 Å². The van der Waals surface area contributed by atoms with E-state index in [4.69, 9.17) is 9.57 Å². The van der Waals surface area contributed by atoms with Crippen molar-refractivity contribution in [3.05, 3.63) is 42.5 Å². The van der Waals surface area contributed by atoms with Crippen LogP contribution in [-0.2, 0) is 9.57 Å². The lowest BCUT2D eigenvalue weighted by atomic mass is 10.2. The number of imidazole rings is 1. The molecule has 0 spiro atoms. The molecule has 10 nitrogen and oxygen atoms in total. The van der Waals surface area contributed by atoms with Crippen LogP contribution in [0.25, 0.3) is 11.2 Å². The molecular weight excluding hydrogens is 330 g/mol. The first-order chi connectivity index (χ1) is 12.1. The number of hydrogen-bond donors (Lipinski definition) is 1. The average Bonchev–Trinajstić information content (AvgIpc) is 3.10. The molecule has 0 radical (unpaired) electrons. The van der Waals surface area contributed by atoms with Crippen LogP contribution >= 0.6 is 0 Å². The van der Waals surface area contributed by atoms with E-state index < -0.39 is 12.1 Å². The summed E-state index contributed by atoms with van der Waals surface area (Å²) < 4.78 is 10.8. The van der Waals surface area contributed by atoms with Crippen LogP contribution in [0.1, 0.15) is 10.4 Å². The predicted octanol–water partition coefficient (Wildman–Crippen LogP) is 1.63. The van der Waals surface area contributed by atoms with Crippen molar-refractivity contribution in [2.75, 3.05) is 19.7 Å². The van der Waals surface area contributed by atoms with Gasteiger partial charge in [0.15, 0.2) is 17.0 Å². The molecule has 10 heteroatoms. The number of nitrogens with one attached hydrogen (secondary N) is 1. The molecule has 0 bridgehead atoms.